The Balaban J connectivity index is 3.15. The van der Waals surface area contributed by atoms with Gasteiger partial charge in [-0.3, -0.25) is 0 Å². The molecule has 0 unspecified atom stereocenters. The highest BCUT2D eigenvalue weighted by Gasteiger charge is 2.59. The SMILES string of the molecule is NC(=S)c1ccnnc1OC(C(F)(F)F)C(F)(F)F. The number of halogens is 6. The van der Waals surface area contributed by atoms with Gasteiger partial charge in [-0.2, -0.15) is 31.4 Å². The summed E-state index contributed by atoms with van der Waals surface area (Å²) in [7, 11) is 0. The summed E-state index contributed by atoms with van der Waals surface area (Å²) in [6.07, 6.45) is -14.4. The summed E-state index contributed by atoms with van der Waals surface area (Å²) in [5.74, 6) is -1.03. The predicted octanol–water partition coefficient (Wildman–Crippen LogP) is 1.98. The number of thiocarbonyl (C=S) groups is 1. The van der Waals surface area contributed by atoms with E-state index in [0.717, 1.165) is 12.3 Å². The number of aromatic nitrogens is 2. The predicted molar refractivity (Wildman–Crippen MR) is 54.4 cm³/mol. The van der Waals surface area contributed by atoms with Gasteiger partial charge in [0, 0.05) is 0 Å². The third-order valence-corrected chi connectivity index (χ3v) is 2.00. The number of hydrogen-bond donors (Lipinski definition) is 1. The number of hydrogen-bond acceptors (Lipinski definition) is 4. The number of nitrogens with two attached hydrogens (primary N) is 1. The summed E-state index contributed by atoms with van der Waals surface area (Å²) in [5.41, 5.74) is 4.76. The molecular weight excluding hydrogens is 300 g/mol. The quantitative estimate of drug-likeness (QED) is 0.683. The van der Waals surface area contributed by atoms with E-state index in [1.807, 2.05) is 0 Å². The number of nitrogens with zero attached hydrogens (tertiary/aromatic N) is 2. The molecule has 0 spiro atoms. The van der Waals surface area contributed by atoms with E-state index in [2.05, 4.69) is 27.2 Å². The van der Waals surface area contributed by atoms with Crippen molar-refractivity contribution in [3.63, 3.8) is 0 Å². The molecule has 1 aromatic rings. The van der Waals surface area contributed by atoms with Crippen LogP contribution < -0.4 is 10.5 Å². The lowest BCUT2D eigenvalue weighted by Crippen LogP contribution is -2.47. The van der Waals surface area contributed by atoms with Crippen molar-refractivity contribution in [3.8, 4) is 5.88 Å². The Bertz CT molecular complexity index is 460. The fraction of sp³-hybridized carbons (Fsp3) is 0.375. The molecule has 0 aromatic carbocycles. The van der Waals surface area contributed by atoms with E-state index in [9.17, 15) is 26.3 Å². The topological polar surface area (TPSA) is 61.0 Å². The minimum atomic E-state index is -5.66. The maximum atomic E-state index is 12.3. The molecule has 0 saturated heterocycles. The summed E-state index contributed by atoms with van der Waals surface area (Å²) in [6.45, 7) is 0. The maximum absolute atomic E-state index is 12.3. The smallest absolute Gasteiger partial charge is 0.434 e. The Kier molecular flexibility index (Phi) is 4.18. The minimum absolute atomic E-state index is 0.372. The van der Waals surface area contributed by atoms with Crippen LogP contribution in [-0.4, -0.2) is 33.6 Å². The third-order valence-electron chi connectivity index (χ3n) is 1.78. The Morgan fingerprint density at radius 1 is 1.21 bits per heavy atom. The van der Waals surface area contributed by atoms with Gasteiger partial charge in [0.2, 0.25) is 5.88 Å². The zero-order chi connectivity index (χ0) is 14.8. The highest BCUT2D eigenvalue weighted by Crippen LogP contribution is 2.36. The van der Waals surface area contributed by atoms with E-state index in [-0.39, 0.29) is 5.56 Å². The Labute approximate surface area is 107 Å². The monoisotopic (exact) mass is 305 g/mol. The van der Waals surface area contributed by atoms with Gasteiger partial charge >= 0.3 is 12.4 Å². The fourth-order valence-corrected chi connectivity index (χ4v) is 1.18. The highest BCUT2D eigenvalue weighted by atomic mass is 32.1. The van der Waals surface area contributed by atoms with Crippen molar-refractivity contribution in [3.05, 3.63) is 17.8 Å². The lowest BCUT2D eigenvalue weighted by atomic mass is 10.3. The normalized spacial score (nSPS) is 12.6. The first-order chi connectivity index (χ1) is 8.53. The van der Waals surface area contributed by atoms with Gasteiger partial charge in [-0.25, -0.2) is 0 Å². The van der Waals surface area contributed by atoms with Gasteiger partial charge in [0.15, 0.2) is 0 Å². The summed E-state index contributed by atoms with van der Waals surface area (Å²) in [5, 5.41) is 6.15. The molecule has 0 aliphatic heterocycles. The molecule has 106 valence electrons. The van der Waals surface area contributed by atoms with Crippen molar-refractivity contribution in [2.45, 2.75) is 18.5 Å². The van der Waals surface area contributed by atoms with Crippen LogP contribution in [0.1, 0.15) is 5.56 Å². The van der Waals surface area contributed by atoms with Crippen molar-refractivity contribution >= 4 is 17.2 Å². The Hall–Kier alpha value is -1.65. The summed E-state index contributed by atoms with van der Waals surface area (Å²) in [4.78, 5) is -0.465. The van der Waals surface area contributed by atoms with Crippen molar-refractivity contribution in [1.29, 1.82) is 0 Å². The van der Waals surface area contributed by atoms with E-state index < -0.39 is 29.3 Å². The van der Waals surface area contributed by atoms with Crippen LogP contribution in [-0.2, 0) is 0 Å². The molecule has 0 aliphatic carbocycles. The average molecular weight is 305 g/mol. The first kappa shape index (κ1) is 15.4. The van der Waals surface area contributed by atoms with Gasteiger partial charge in [-0.15, -0.1) is 5.10 Å². The molecule has 4 nitrogen and oxygen atoms in total. The average Bonchev–Trinajstić information content (AvgIpc) is 2.23. The molecule has 19 heavy (non-hydrogen) atoms. The molecule has 0 amide bonds. The third kappa shape index (κ3) is 3.91. The van der Waals surface area contributed by atoms with Crippen LogP contribution in [0.4, 0.5) is 26.3 Å². The van der Waals surface area contributed by atoms with Crippen LogP contribution in [0.3, 0.4) is 0 Å². The molecule has 1 rings (SSSR count). The van der Waals surface area contributed by atoms with Crippen LogP contribution >= 0.6 is 12.2 Å². The number of alkyl halides is 6. The van der Waals surface area contributed by atoms with E-state index in [1.165, 1.54) is 0 Å². The Morgan fingerprint density at radius 2 is 1.74 bits per heavy atom. The van der Waals surface area contributed by atoms with E-state index in [4.69, 9.17) is 5.73 Å². The van der Waals surface area contributed by atoms with E-state index in [0.29, 0.717) is 0 Å². The van der Waals surface area contributed by atoms with Crippen molar-refractivity contribution in [2.75, 3.05) is 0 Å². The molecule has 0 atom stereocenters. The zero-order valence-corrected chi connectivity index (χ0v) is 9.60. The summed E-state index contributed by atoms with van der Waals surface area (Å²) < 4.78 is 77.5. The Morgan fingerprint density at radius 3 is 2.16 bits per heavy atom. The lowest BCUT2D eigenvalue weighted by Gasteiger charge is -2.23. The van der Waals surface area contributed by atoms with Crippen molar-refractivity contribution < 1.29 is 31.1 Å². The van der Waals surface area contributed by atoms with Crippen molar-refractivity contribution in [1.82, 2.24) is 10.2 Å². The summed E-state index contributed by atoms with van der Waals surface area (Å²) in [6, 6.07) is 0.995. The van der Waals surface area contributed by atoms with Gasteiger partial charge in [-0.1, -0.05) is 12.2 Å². The first-order valence-electron chi connectivity index (χ1n) is 4.45. The molecule has 1 heterocycles. The molecule has 1 aromatic heterocycles. The second-order valence-corrected chi connectivity index (χ2v) is 3.64. The van der Waals surface area contributed by atoms with Crippen LogP contribution in [0, 0.1) is 0 Å². The zero-order valence-electron chi connectivity index (χ0n) is 8.79. The molecule has 0 bridgehead atoms. The maximum Gasteiger partial charge on any atom is 0.434 e. The largest absolute Gasteiger partial charge is 0.453 e. The second-order valence-electron chi connectivity index (χ2n) is 3.20. The van der Waals surface area contributed by atoms with Gasteiger partial charge in [0.25, 0.3) is 6.10 Å². The minimum Gasteiger partial charge on any atom is -0.453 e. The van der Waals surface area contributed by atoms with Crippen LogP contribution in [0.25, 0.3) is 0 Å². The number of rotatable bonds is 3. The lowest BCUT2D eigenvalue weighted by molar-refractivity contribution is -0.300. The van der Waals surface area contributed by atoms with Crippen LogP contribution in [0.15, 0.2) is 12.3 Å². The molecule has 2 N–H and O–H groups in total. The molecular formula is C8H5F6N3OS. The van der Waals surface area contributed by atoms with E-state index >= 15 is 0 Å². The van der Waals surface area contributed by atoms with Gasteiger partial charge in [0.05, 0.1) is 11.8 Å². The van der Waals surface area contributed by atoms with Crippen LogP contribution in [0.2, 0.25) is 0 Å². The standard InChI is InChI=1S/C8H5F6N3OS/c9-7(10,11)6(8(12,13)14)18-5-3(4(15)19)1-2-16-17-5/h1-2,6H,(H2,15,19). The summed E-state index contributed by atoms with van der Waals surface area (Å²) >= 11 is 4.46. The molecule has 0 saturated carbocycles. The van der Waals surface area contributed by atoms with Crippen molar-refractivity contribution in [2.24, 2.45) is 5.73 Å². The van der Waals surface area contributed by atoms with Crippen LogP contribution in [0.5, 0.6) is 5.88 Å². The fourth-order valence-electron chi connectivity index (χ4n) is 1.02. The van der Waals surface area contributed by atoms with Gasteiger partial charge in [0.1, 0.15) is 4.99 Å². The first-order valence-corrected chi connectivity index (χ1v) is 4.86. The second kappa shape index (κ2) is 5.15. The number of ether oxygens (including phenoxy) is 1. The van der Waals surface area contributed by atoms with Gasteiger partial charge < -0.3 is 10.5 Å². The van der Waals surface area contributed by atoms with Gasteiger partial charge in [-0.05, 0) is 6.07 Å². The highest BCUT2D eigenvalue weighted by molar-refractivity contribution is 7.80. The van der Waals surface area contributed by atoms with E-state index in [1.54, 1.807) is 0 Å². The molecule has 0 fully saturated rings. The molecule has 11 heteroatoms. The molecule has 0 aliphatic rings. The molecule has 0 radical (unpaired) electrons.